The van der Waals surface area contributed by atoms with E-state index in [1.54, 1.807) is 0 Å². The lowest BCUT2D eigenvalue weighted by Crippen LogP contribution is -2.25. The van der Waals surface area contributed by atoms with Gasteiger partial charge in [-0.25, -0.2) is 4.98 Å². The summed E-state index contributed by atoms with van der Waals surface area (Å²) in [5, 5.41) is 29.2. The van der Waals surface area contributed by atoms with Crippen molar-refractivity contribution in [2.24, 2.45) is 0 Å². The first-order chi connectivity index (χ1) is 10.1. The Bertz CT molecular complexity index is 642. The average Bonchev–Trinajstić information content (AvgIpc) is 2.98. The molecule has 110 valence electrons. The molecule has 0 atom stereocenters. The molecule has 2 aromatic heterocycles. The van der Waals surface area contributed by atoms with Crippen LogP contribution in [0.25, 0.3) is 0 Å². The molecule has 0 aliphatic rings. The van der Waals surface area contributed by atoms with Crippen molar-refractivity contribution < 1.29 is 9.72 Å². The minimum absolute atomic E-state index is 0.0452. The topological polar surface area (TPSA) is 152 Å². The highest BCUT2D eigenvalue weighted by atomic mass is 16.6. The number of rotatable bonds is 6. The van der Waals surface area contributed by atoms with Crippen LogP contribution in [0.4, 0.5) is 11.5 Å². The van der Waals surface area contributed by atoms with Gasteiger partial charge in [-0.1, -0.05) is 5.21 Å². The third-order valence-corrected chi connectivity index (χ3v) is 2.47. The van der Waals surface area contributed by atoms with E-state index in [1.165, 1.54) is 0 Å². The van der Waals surface area contributed by atoms with Gasteiger partial charge >= 0.3 is 0 Å². The van der Waals surface area contributed by atoms with Crippen LogP contribution in [0.2, 0.25) is 0 Å². The van der Waals surface area contributed by atoms with E-state index in [-0.39, 0.29) is 23.6 Å². The Hall–Kier alpha value is -3.11. The molecule has 3 N–H and O–H groups in total. The SMILES string of the molecule is CCNc1ncc([N+](=O)[O-])cc1C(=O)NCc1nn[nH]n1. The number of nitrogens with one attached hydrogen (secondary N) is 3. The zero-order valence-electron chi connectivity index (χ0n) is 11.0. The molecule has 0 aliphatic carbocycles. The Kier molecular flexibility index (Phi) is 4.33. The molecular formula is C10H12N8O3. The number of aromatic amines is 1. The van der Waals surface area contributed by atoms with Crippen molar-refractivity contribution in [3.8, 4) is 0 Å². The van der Waals surface area contributed by atoms with Crippen LogP contribution in [0.5, 0.6) is 0 Å². The second kappa shape index (κ2) is 6.36. The van der Waals surface area contributed by atoms with Crippen LogP contribution in [-0.2, 0) is 6.54 Å². The number of hydrogen-bond donors (Lipinski definition) is 3. The fraction of sp³-hybridized carbons (Fsp3) is 0.300. The van der Waals surface area contributed by atoms with E-state index >= 15 is 0 Å². The summed E-state index contributed by atoms with van der Waals surface area (Å²) in [6, 6.07) is 1.16. The molecule has 0 aliphatic heterocycles. The molecule has 2 rings (SSSR count). The van der Waals surface area contributed by atoms with Crippen molar-refractivity contribution in [2.75, 3.05) is 11.9 Å². The maximum atomic E-state index is 12.1. The van der Waals surface area contributed by atoms with Gasteiger partial charge in [-0.05, 0) is 6.92 Å². The smallest absolute Gasteiger partial charge is 0.288 e. The second-order valence-corrected chi connectivity index (χ2v) is 3.89. The van der Waals surface area contributed by atoms with Crippen LogP contribution in [0.15, 0.2) is 12.3 Å². The van der Waals surface area contributed by atoms with E-state index in [2.05, 4.69) is 36.2 Å². The van der Waals surface area contributed by atoms with Gasteiger partial charge in [0.1, 0.15) is 12.0 Å². The Morgan fingerprint density at radius 2 is 2.33 bits per heavy atom. The standard InChI is InChI=1S/C10H12N8O3/c1-2-11-9-7(3-6(4-12-9)18(20)21)10(19)13-5-8-14-16-17-15-8/h3-4H,2,5H2,1H3,(H,11,12)(H,13,19)(H,14,15,16,17). The molecule has 0 bridgehead atoms. The van der Waals surface area contributed by atoms with Crippen molar-refractivity contribution in [3.63, 3.8) is 0 Å². The van der Waals surface area contributed by atoms with E-state index in [1.807, 2.05) is 6.92 Å². The Balaban J connectivity index is 2.20. The first-order valence-electron chi connectivity index (χ1n) is 6.00. The zero-order chi connectivity index (χ0) is 15.2. The van der Waals surface area contributed by atoms with E-state index < -0.39 is 10.8 Å². The molecule has 1 amide bonds. The molecule has 21 heavy (non-hydrogen) atoms. The molecule has 0 spiro atoms. The number of tetrazole rings is 1. The normalized spacial score (nSPS) is 10.1. The maximum Gasteiger partial charge on any atom is 0.288 e. The summed E-state index contributed by atoms with van der Waals surface area (Å²) < 4.78 is 0. The summed E-state index contributed by atoms with van der Waals surface area (Å²) in [5.41, 5.74) is -0.184. The minimum Gasteiger partial charge on any atom is -0.370 e. The van der Waals surface area contributed by atoms with Gasteiger partial charge in [-0.2, -0.15) is 5.21 Å². The van der Waals surface area contributed by atoms with Gasteiger partial charge in [0.25, 0.3) is 11.6 Å². The molecule has 0 aromatic carbocycles. The number of hydrogen-bond acceptors (Lipinski definition) is 8. The monoisotopic (exact) mass is 292 g/mol. The summed E-state index contributed by atoms with van der Waals surface area (Å²) in [7, 11) is 0. The first-order valence-corrected chi connectivity index (χ1v) is 6.00. The van der Waals surface area contributed by atoms with Gasteiger partial charge in [-0.15, -0.1) is 10.2 Å². The quantitative estimate of drug-likeness (QED) is 0.491. The third-order valence-electron chi connectivity index (χ3n) is 2.47. The molecular weight excluding hydrogens is 280 g/mol. The van der Waals surface area contributed by atoms with Gasteiger partial charge in [0.05, 0.1) is 17.0 Å². The predicted molar refractivity (Wildman–Crippen MR) is 70.4 cm³/mol. The van der Waals surface area contributed by atoms with Crippen molar-refractivity contribution in [1.29, 1.82) is 0 Å². The third kappa shape index (κ3) is 3.46. The number of pyridine rings is 1. The molecule has 11 nitrogen and oxygen atoms in total. The number of anilines is 1. The van der Waals surface area contributed by atoms with E-state index in [9.17, 15) is 14.9 Å². The highest BCUT2D eigenvalue weighted by molar-refractivity contribution is 5.99. The van der Waals surface area contributed by atoms with E-state index in [0.717, 1.165) is 12.3 Å². The maximum absolute atomic E-state index is 12.1. The predicted octanol–water partition coefficient (Wildman–Crippen LogP) is -0.135. The lowest BCUT2D eigenvalue weighted by atomic mass is 10.2. The molecule has 2 aromatic rings. The Morgan fingerprint density at radius 3 is 2.95 bits per heavy atom. The van der Waals surface area contributed by atoms with Crippen molar-refractivity contribution in [2.45, 2.75) is 13.5 Å². The van der Waals surface area contributed by atoms with Crippen molar-refractivity contribution in [3.05, 3.63) is 33.8 Å². The average molecular weight is 292 g/mol. The van der Waals surface area contributed by atoms with Crippen LogP contribution < -0.4 is 10.6 Å². The lowest BCUT2D eigenvalue weighted by Gasteiger charge is -2.09. The number of carbonyl (C=O) groups is 1. The van der Waals surface area contributed by atoms with Crippen LogP contribution >= 0.6 is 0 Å². The molecule has 0 saturated carbocycles. The highest BCUT2D eigenvalue weighted by Crippen LogP contribution is 2.19. The summed E-state index contributed by atoms with van der Waals surface area (Å²) in [5.74, 6) is 0.0485. The van der Waals surface area contributed by atoms with Gasteiger partial charge in [0, 0.05) is 12.6 Å². The highest BCUT2D eigenvalue weighted by Gasteiger charge is 2.18. The minimum atomic E-state index is -0.612. The molecule has 0 fully saturated rings. The Labute approximate surface area is 118 Å². The molecule has 0 saturated heterocycles. The summed E-state index contributed by atoms with van der Waals surface area (Å²) in [6.45, 7) is 2.39. The van der Waals surface area contributed by atoms with E-state index in [0.29, 0.717) is 12.4 Å². The summed E-state index contributed by atoms with van der Waals surface area (Å²) in [6.07, 6.45) is 1.09. The molecule has 0 unspecified atom stereocenters. The number of amides is 1. The van der Waals surface area contributed by atoms with Gasteiger partial charge < -0.3 is 10.6 Å². The van der Waals surface area contributed by atoms with Crippen molar-refractivity contribution >= 4 is 17.4 Å². The number of carbonyl (C=O) groups excluding carboxylic acids is 1. The Morgan fingerprint density at radius 1 is 1.52 bits per heavy atom. The summed E-state index contributed by atoms with van der Waals surface area (Å²) >= 11 is 0. The first kappa shape index (κ1) is 14.3. The number of aromatic nitrogens is 5. The lowest BCUT2D eigenvalue weighted by molar-refractivity contribution is -0.385. The van der Waals surface area contributed by atoms with Gasteiger partial charge in [-0.3, -0.25) is 14.9 Å². The molecule has 0 radical (unpaired) electrons. The summed E-state index contributed by atoms with van der Waals surface area (Å²) in [4.78, 5) is 26.2. The number of nitrogens with zero attached hydrogens (tertiary/aromatic N) is 5. The van der Waals surface area contributed by atoms with Gasteiger partial charge in [0.2, 0.25) is 0 Å². The number of H-pyrrole nitrogens is 1. The van der Waals surface area contributed by atoms with Crippen LogP contribution in [0.1, 0.15) is 23.1 Å². The zero-order valence-corrected chi connectivity index (χ0v) is 11.0. The van der Waals surface area contributed by atoms with Crippen LogP contribution in [0, 0.1) is 10.1 Å². The second-order valence-electron chi connectivity index (χ2n) is 3.89. The van der Waals surface area contributed by atoms with Crippen molar-refractivity contribution in [1.82, 2.24) is 30.9 Å². The fourth-order valence-electron chi connectivity index (χ4n) is 1.55. The van der Waals surface area contributed by atoms with Crippen LogP contribution in [-0.4, -0.2) is 43.0 Å². The van der Waals surface area contributed by atoms with Crippen LogP contribution in [0.3, 0.4) is 0 Å². The van der Waals surface area contributed by atoms with E-state index in [4.69, 9.17) is 0 Å². The molecule has 11 heteroatoms. The number of nitro groups is 1. The largest absolute Gasteiger partial charge is 0.370 e. The van der Waals surface area contributed by atoms with Gasteiger partial charge in [0.15, 0.2) is 5.82 Å². The molecule has 2 heterocycles. The fourth-order valence-corrected chi connectivity index (χ4v) is 1.55.